The number of carbonyl (C=O) groups is 3. The van der Waals surface area contributed by atoms with Crippen molar-refractivity contribution in [3.05, 3.63) is 21.9 Å². The van der Waals surface area contributed by atoms with Gasteiger partial charge in [-0.3, -0.25) is 19.8 Å². The minimum absolute atomic E-state index is 0.00586. The van der Waals surface area contributed by atoms with Gasteiger partial charge in [-0.2, -0.15) is 0 Å². The van der Waals surface area contributed by atoms with Crippen LogP contribution in [0.1, 0.15) is 43.0 Å². The molecule has 0 aromatic carbocycles. The van der Waals surface area contributed by atoms with Crippen molar-refractivity contribution in [2.75, 3.05) is 20.3 Å². The summed E-state index contributed by atoms with van der Waals surface area (Å²) < 4.78 is 4.92. The Morgan fingerprint density at radius 2 is 2.13 bits per heavy atom. The Balaban J connectivity index is 1.54. The van der Waals surface area contributed by atoms with E-state index in [4.69, 9.17) is 15.9 Å². The number of thiophene rings is 1. The first-order valence-corrected chi connectivity index (χ1v) is 10.9. The predicted molar refractivity (Wildman–Crippen MR) is 113 cm³/mol. The van der Waals surface area contributed by atoms with Crippen molar-refractivity contribution in [3.63, 3.8) is 0 Å². The van der Waals surface area contributed by atoms with Crippen molar-refractivity contribution < 1.29 is 19.1 Å². The molecule has 9 nitrogen and oxygen atoms in total. The Bertz CT molecular complexity index is 841. The highest BCUT2D eigenvalue weighted by Crippen LogP contribution is 2.59. The lowest BCUT2D eigenvalue weighted by Crippen LogP contribution is -2.50. The standard InChI is InChI=1S/C20H29N5O4S/c1-20-7-14(19(28)24-9-13-6-12(11-30-13)18(21)22)25(15(20)8-20)17(27)10-23-16(26)4-3-5-29-2/h6,11,14-15H,3-5,7-10H2,1-2H3,(H3,21,22)(H,23,26)(H,24,28)/t14-,15-,20+/m0/s1. The van der Waals surface area contributed by atoms with Crippen LogP contribution in [-0.2, 0) is 25.7 Å². The topological polar surface area (TPSA) is 138 Å². The van der Waals surface area contributed by atoms with Crippen LogP contribution in [0.15, 0.2) is 11.4 Å². The van der Waals surface area contributed by atoms with Gasteiger partial charge in [0.05, 0.1) is 13.1 Å². The number of amidine groups is 1. The van der Waals surface area contributed by atoms with E-state index in [2.05, 4.69) is 17.6 Å². The smallest absolute Gasteiger partial charge is 0.243 e. The molecule has 1 saturated heterocycles. The third kappa shape index (κ3) is 4.99. The number of fused-ring (bicyclic) bond motifs is 1. The van der Waals surface area contributed by atoms with Gasteiger partial charge >= 0.3 is 0 Å². The maximum atomic E-state index is 12.8. The molecule has 2 aliphatic rings. The molecule has 3 atom stereocenters. The molecule has 1 aliphatic carbocycles. The van der Waals surface area contributed by atoms with Crippen LogP contribution in [-0.4, -0.2) is 60.8 Å². The average Bonchev–Trinajstić information content (AvgIpc) is 3.06. The van der Waals surface area contributed by atoms with Gasteiger partial charge in [-0.25, -0.2) is 0 Å². The summed E-state index contributed by atoms with van der Waals surface area (Å²) in [5.74, 6) is -0.621. The molecular weight excluding hydrogens is 406 g/mol. The van der Waals surface area contributed by atoms with Gasteiger partial charge in [0.25, 0.3) is 0 Å². The van der Waals surface area contributed by atoms with E-state index in [1.54, 1.807) is 23.5 Å². The largest absolute Gasteiger partial charge is 0.385 e. The van der Waals surface area contributed by atoms with E-state index in [1.807, 2.05) is 0 Å². The number of carbonyl (C=O) groups excluding carboxylic acids is 3. The van der Waals surface area contributed by atoms with Crippen molar-refractivity contribution in [2.24, 2.45) is 11.1 Å². The summed E-state index contributed by atoms with van der Waals surface area (Å²) in [7, 11) is 1.58. The number of hydrogen-bond donors (Lipinski definition) is 4. The highest BCUT2D eigenvalue weighted by atomic mass is 32.1. The first-order chi connectivity index (χ1) is 14.2. The van der Waals surface area contributed by atoms with Gasteiger partial charge in [-0.15, -0.1) is 11.3 Å². The van der Waals surface area contributed by atoms with Gasteiger partial charge in [-0.1, -0.05) is 6.92 Å². The Kier molecular flexibility index (Phi) is 6.77. The highest BCUT2D eigenvalue weighted by molar-refractivity contribution is 7.10. The number of nitrogens with one attached hydrogen (secondary N) is 3. The number of likely N-dealkylation sites (tertiary alicyclic amines) is 1. The third-order valence-electron chi connectivity index (χ3n) is 5.82. The number of ether oxygens (including phenoxy) is 1. The van der Waals surface area contributed by atoms with Crippen molar-refractivity contribution in [2.45, 2.75) is 51.2 Å². The second-order valence-corrected chi connectivity index (χ2v) is 9.20. The summed E-state index contributed by atoms with van der Waals surface area (Å²) in [6.45, 7) is 2.81. The molecule has 1 aliphatic heterocycles. The lowest BCUT2D eigenvalue weighted by molar-refractivity contribution is -0.140. The summed E-state index contributed by atoms with van der Waals surface area (Å²) in [4.78, 5) is 40.0. The van der Waals surface area contributed by atoms with Gasteiger partial charge in [0.2, 0.25) is 17.7 Å². The fourth-order valence-electron chi connectivity index (χ4n) is 4.00. The van der Waals surface area contributed by atoms with E-state index in [0.29, 0.717) is 38.0 Å². The number of nitrogens with zero attached hydrogens (tertiary/aromatic N) is 1. The van der Waals surface area contributed by atoms with Gasteiger partial charge in [-0.05, 0) is 30.7 Å². The van der Waals surface area contributed by atoms with Crippen molar-refractivity contribution in [3.8, 4) is 0 Å². The third-order valence-corrected chi connectivity index (χ3v) is 6.75. The quantitative estimate of drug-likeness (QED) is 0.242. The number of amides is 3. The van der Waals surface area contributed by atoms with Crippen LogP contribution in [0.4, 0.5) is 0 Å². The molecule has 0 radical (unpaired) electrons. The summed E-state index contributed by atoms with van der Waals surface area (Å²) in [6, 6.07) is 1.30. The molecule has 0 bridgehead atoms. The lowest BCUT2D eigenvalue weighted by Gasteiger charge is -2.27. The van der Waals surface area contributed by atoms with Crippen molar-refractivity contribution >= 4 is 34.9 Å². The first-order valence-electron chi connectivity index (χ1n) is 10.0. The maximum absolute atomic E-state index is 12.8. The molecule has 3 amide bonds. The monoisotopic (exact) mass is 435 g/mol. The van der Waals surface area contributed by atoms with E-state index in [1.165, 1.54) is 11.3 Å². The fourth-order valence-corrected chi connectivity index (χ4v) is 4.82. The van der Waals surface area contributed by atoms with Gasteiger partial charge in [0.1, 0.15) is 11.9 Å². The molecular formula is C20H29N5O4S. The minimum Gasteiger partial charge on any atom is -0.385 e. The number of rotatable bonds is 10. The van der Waals surface area contributed by atoms with Gasteiger partial charge in [0.15, 0.2) is 0 Å². The second kappa shape index (κ2) is 9.13. The predicted octanol–water partition coefficient (Wildman–Crippen LogP) is 0.571. The van der Waals surface area contributed by atoms with E-state index in [0.717, 1.165) is 11.3 Å². The molecule has 1 saturated carbocycles. The van der Waals surface area contributed by atoms with Gasteiger partial charge in [0, 0.05) is 42.0 Å². The fraction of sp³-hybridized carbons (Fsp3) is 0.600. The normalized spacial score (nSPS) is 24.3. The molecule has 5 N–H and O–H groups in total. The van der Waals surface area contributed by atoms with Crippen LogP contribution >= 0.6 is 11.3 Å². The van der Waals surface area contributed by atoms with Gasteiger partial charge < -0.3 is 26.0 Å². The Hall–Kier alpha value is -2.46. The molecule has 1 aromatic rings. The van der Waals surface area contributed by atoms with Crippen molar-refractivity contribution in [1.29, 1.82) is 5.41 Å². The van der Waals surface area contributed by atoms with E-state index in [9.17, 15) is 14.4 Å². The zero-order chi connectivity index (χ0) is 21.9. The first kappa shape index (κ1) is 22.2. The zero-order valence-electron chi connectivity index (χ0n) is 17.3. The molecule has 2 heterocycles. The summed E-state index contributed by atoms with van der Waals surface area (Å²) in [6.07, 6.45) is 2.41. The number of nitrogen functional groups attached to an aromatic ring is 1. The summed E-state index contributed by atoms with van der Waals surface area (Å²) in [5.41, 5.74) is 6.09. The number of piperidine rings is 1. The maximum Gasteiger partial charge on any atom is 0.243 e. The molecule has 3 rings (SSSR count). The SMILES string of the molecule is COCCCC(=O)NCC(=O)N1[C@H]2C[C@@]2(C)C[C@H]1C(=O)NCc1cc(C(=N)N)cs1. The van der Waals surface area contributed by atoms with Crippen molar-refractivity contribution in [1.82, 2.24) is 15.5 Å². The van der Waals surface area contributed by atoms with E-state index < -0.39 is 6.04 Å². The molecule has 164 valence electrons. The number of hydrogen-bond acceptors (Lipinski definition) is 6. The Morgan fingerprint density at radius 3 is 2.80 bits per heavy atom. The summed E-state index contributed by atoms with van der Waals surface area (Å²) in [5, 5.41) is 14.8. The zero-order valence-corrected chi connectivity index (χ0v) is 18.1. The van der Waals surface area contributed by atoms with E-state index >= 15 is 0 Å². The number of methoxy groups -OCH3 is 1. The minimum atomic E-state index is -0.529. The van der Waals surface area contributed by atoms with Crippen LogP contribution in [0.25, 0.3) is 0 Å². The number of nitrogens with two attached hydrogens (primary N) is 1. The lowest BCUT2D eigenvalue weighted by atomic mass is 10.0. The molecule has 10 heteroatoms. The molecule has 30 heavy (non-hydrogen) atoms. The Morgan fingerprint density at radius 1 is 1.37 bits per heavy atom. The van der Waals surface area contributed by atoms with Crippen LogP contribution in [0.5, 0.6) is 0 Å². The van der Waals surface area contributed by atoms with Crippen LogP contribution in [0, 0.1) is 10.8 Å². The summed E-state index contributed by atoms with van der Waals surface area (Å²) >= 11 is 1.42. The van der Waals surface area contributed by atoms with Crippen LogP contribution < -0.4 is 16.4 Å². The second-order valence-electron chi connectivity index (χ2n) is 8.20. The molecule has 0 spiro atoms. The average molecular weight is 436 g/mol. The highest BCUT2D eigenvalue weighted by Gasteiger charge is 2.64. The molecule has 0 unspecified atom stereocenters. The Labute approximate surface area is 179 Å². The van der Waals surface area contributed by atoms with Crippen LogP contribution in [0.2, 0.25) is 0 Å². The molecule has 2 fully saturated rings. The van der Waals surface area contributed by atoms with Crippen LogP contribution in [0.3, 0.4) is 0 Å². The molecule has 1 aromatic heterocycles. The van der Waals surface area contributed by atoms with E-state index in [-0.39, 0.29) is 41.6 Å².